The van der Waals surface area contributed by atoms with E-state index < -0.39 is 37.0 Å². The zero-order valence-electron chi connectivity index (χ0n) is 15.0. The number of nitrogens with one attached hydrogen (secondary N) is 3. The van der Waals surface area contributed by atoms with Gasteiger partial charge in [-0.3, -0.25) is 19.7 Å². The van der Waals surface area contributed by atoms with Crippen LogP contribution in [0.5, 0.6) is 11.5 Å². The third-order valence-corrected chi connectivity index (χ3v) is 3.54. The number of rotatable bonds is 8. The smallest absolute Gasteiger partial charge is 0.325 e. The Balaban J connectivity index is 1.73. The van der Waals surface area contributed by atoms with E-state index in [0.717, 1.165) is 12.8 Å². The first-order valence-corrected chi connectivity index (χ1v) is 8.18. The number of amides is 4. The lowest BCUT2D eigenvalue weighted by Crippen LogP contribution is -2.42. The molecule has 0 saturated heterocycles. The van der Waals surface area contributed by atoms with Crippen molar-refractivity contribution < 1.29 is 33.4 Å². The van der Waals surface area contributed by atoms with Gasteiger partial charge in [0.1, 0.15) is 18.0 Å². The van der Waals surface area contributed by atoms with E-state index in [1.807, 2.05) is 5.32 Å². The van der Waals surface area contributed by atoms with E-state index in [9.17, 15) is 19.2 Å². The molecule has 1 aromatic carbocycles. The summed E-state index contributed by atoms with van der Waals surface area (Å²) < 4.78 is 14.8. The highest BCUT2D eigenvalue weighted by atomic mass is 16.5. The summed E-state index contributed by atoms with van der Waals surface area (Å²) in [6.07, 6.45) is 1.77. The molecule has 0 bridgehead atoms. The first-order chi connectivity index (χ1) is 12.9. The average molecular weight is 379 g/mol. The van der Waals surface area contributed by atoms with Crippen LogP contribution in [0.2, 0.25) is 0 Å². The minimum atomic E-state index is -0.823. The largest absolute Gasteiger partial charge is 0.497 e. The van der Waals surface area contributed by atoms with Crippen LogP contribution in [-0.4, -0.2) is 57.2 Å². The molecule has 10 nitrogen and oxygen atoms in total. The van der Waals surface area contributed by atoms with Gasteiger partial charge < -0.3 is 24.8 Å². The van der Waals surface area contributed by atoms with E-state index in [4.69, 9.17) is 14.2 Å². The highest BCUT2D eigenvalue weighted by Gasteiger charge is 2.24. The maximum Gasteiger partial charge on any atom is 0.325 e. The summed E-state index contributed by atoms with van der Waals surface area (Å²) in [7, 11) is 2.90. The van der Waals surface area contributed by atoms with E-state index in [0.29, 0.717) is 11.5 Å². The number of esters is 1. The predicted molar refractivity (Wildman–Crippen MR) is 92.5 cm³/mol. The van der Waals surface area contributed by atoms with Crippen molar-refractivity contribution in [1.29, 1.82) is 0 Å². The molecule has 1 fully saturated rings. The Labute approximate surface area is 155 Å². The molecular weight excluding hydrogens is 358 g/mol. The Kier molecular flexibility index (Phi) is 6.98. The van der Waals surface area contributed by atoms with Crippen LogP contribution in [0.1, 0.15) is 23.2 Å². The maximum atomic E-state index is 12.1. The first-order valence-electron chi connectivity index (χ1n) is 8.18. The summed E-state index contributed by atoms with van der Waals surface area (Å²) in [6.45, 7) is -1.07. The molecule has 1 aliphatic carbocycles. The van der Waals surface area contributed by atoms with E-state index in [2.05, 4.69) is 10.6 Å². The third kappa shape index (κ3) is 6.84. The zero-order chi connectivity index (χ0) is 19.8. The fourth-order valence-corrected chi connectivity index (χ4v) is 2.00. The van der Waals surface area contributed by atoms with Crippen molar-refractivity contribution in [3.05, 3.63) is 23.8 Å². The summed E-state index contributed by atoms with van der Waals surface area (Å²) in [4.78, 5) is 46.6. The van der Waals surface area contributed by atoms with Crippen LogP contribution in [0.4, 0.5) is 4.79 Å². The van der Waals surface area contributed by atoms with Crippen LogP contribution < -0.4 is 25.4 Å². The van der Waals surface area contributed by atoms with E-state index in [1.165, 1.54) is 26.4 Å². The number of benzene rings is 1. The molecule has 1 aliphatic rings. The molecule has 0 unspecified atom stereocenters. The molecule has 4 amide bonds. The number of methoxy groups -OCH3 is 2. The van der Waals surface area contributed by atoms with Crippen molar-refractivity contribution in [1.82, 2.24) is 16.0 Å². The monoisotopic (exact) mass is 379 g/mol. The molecule has 0 aliphatic heterocycles. The lowest BCUT2D eigenvalue weighted by molar-refractivity contribution is -0.147. The number of carbonyl (C=O) groups excluding carboxylic acids is 4. The van der Waals surface area contributed by atoms with Crippen molar-refractivity contribution in [2.75, 3.05) is 27.4 Å². The minimum absolute atomic E-state index is 0.103. The Morgan fingerprint density at radius 2 is 1.67 bits per heavy atom. The van der Waals surface area contributed by atoms with Crippen molar-refractivity contribution >= 4 is 23.8 Å². The summed E-state index contributed by atoms with van der Waals surface area (Å²) in [5.74, 6) is -1.29. The van der Waals surface area contributed by atoms with E-state index in [-0.39, 0.29) is 11.6 Å². The molecular formula is C17H21N3O7. The van der Waals surface area contributed by atoms with Gasteiger partial charge in [-0.1, -0.05) is 0 Å². The number of hydrogen-bond acceptors (Lipinski definition) is 7. The van der Waals surface area contributed by atoms with Gasteiger partial charge >= 0.3 is 12.0 Å². The number of ether oxygens (including phenoxy) is 3. The summed E-state index contributed by atoms with van der Waals surface area (Å²) in [5, 5.41) is 6.97. The predicted octanol–water partition coefficient (Wildman–Crippen LogP) is -0.0350. The number of carbonyl (C=O) groups is 4. The van der Waals surface area contributed by atoms with Crippen molar-refractivity contribution in [3.8, 4) is 11.5 Å². The minimum Gasteiger partial charge on any atom is -0.497 e. The summed E-state index contributed by atoms with van der Waals surface area (Å²) >= 11 is 0. The van der Waals surface area contributed by atoms with Crippen LogP contribution in [0.3, 0.4) is 0 Å². The fraction of sp³-hybridized carbons (Fsp3) is 0.412. The Bertz CT molecular complexity index is 709. The van der Waals surface area contributed by atoms with Crippen molar-refractivity contribution in [3.63, 3.8) is 0 Å². The van der Waals surface area contributed by atoms with E-state index >= 15 is 0 Å². The molecule has 1 saturated carbocycles. The van der Waals surface area contributed by atoms with Crippen LogP contribution >= 0.6 is 0 Å². The van der Waals surface area contributed by atoms with Crippen molar-refractivity contribution in [2.24, 2.45) is 0 Å². The summed E-state index contributed by atoms with van der Waals surface area (Å²) in [5.41, 5.74) is 0.230. The second-order valence-electron chi connectivity index (χ2n) is 5.74. The molecule has 0 aromatic heterocycles. The van der Waals surface area contributed by atoms with Gasteiger partial charge in [0.05, 0.1) is 14.2 Å². The molecule has 0 radical (unpaired) electrons. The quantitative estimate of drug-likeness (QED) is 0.540. The van der Waals surface area contributed by atoms with Crippen LogP contribution in [0.15, 0.2) is 18.2 Å². The molecule has 0 spiro atoms. The van der Waals surface area contributed by atoms with Crippen LogP contribution in [0, 0.1) is 0 Å². The molecule has 10 heteroatoms. The van der Waals surface area contributed by atoms with E-state index in [1.54, 1.807) is 6.07 Å². The second kappa shape index (κ2) is 9.41. The van der Waals surface area contributed by atoms with Gasteiger partial charge in [0, 0.05) is 17.7 Å². The Morgan fingerprint density at radius 1 is 1.04 bits per heavy atom. The second-order valence-corrected chi connectivity index (χ2v) is 5.74. The normalized spacial score (nSPS) is 12.5. The molecule has 2 rings (SSSR count). The van der Waals surface area contributed by atoms with Crippen LogP contribution in [0.25, 0.3) is 0 Å². The highest BCUT2D eigenvalue weighted by Crippen LogP contribution is 2.22. The number of urea groups is 1. The first kappa shape index (κ1) is 20.0. The molecule has 1 aromatic rings. The lowest BCUT2D eigenvalue weighted by Gasteiger charge is -2.09. The Morgan fingerprint density at radius 3 is 2.22 bits per heavy atom. The molecule has 27 heavy (non-hydrogen) atoms. The topological polar surface area (TPSA) is 132 Å². The van der Waals surface area contributed by atoms with Gasteiger partial charge in [0.15, 0.2) is 6.61 Å². The van der Waals surface area contributed by atoms with Gasteiger partial charge in [-0.2, -0.15) is 0 Å². The Hall–Kier alpha value is -3.30. The van der Waals surface area contributed by atoms with Gasteiger partial charge in [0.25, 0.3) is 11.8 Å². The summed E-state index contributed by atoms with van der Waals surface area (Å²) in [6, 6.07) is 4.04. The maximum absolute atomic E-state index is 12.1. The molecule has 0 heterocycles. The average Bonchev–Trinajstić information content (AvgIpc) is 3.47. The lowest BCUT2D eigenvalue weighted by atomic mass is 10.2. The zero-order valence-corrected chi connectivity index (χ0v) is 15.0. The van der Waals surface area contributed by atoms with Gasteiger partial charge in [0.2, 0.25) is 0 Å². The third-order valence-electron chi connectivity index (χ3n) is 3.54. The van der Waals surface area contributed by atoms with Crippen molar-refractivity contribution in [2.45, 2.75) is 18.9 Å². The van der Waals surface area contributed by atoms with Gasteiger partial charge in [-0.15, -0.1) is 0 Å². The number of hydrogen-bond donors (Lipinski definition) is 3. The van der Waals surface area contributed by atoms with Gasteiger partial charge in [-0.05, 0) is 25.0 Å². The molecule has 146 valence electrons. The van der Waals surface area contributed by atoms with Crippen LogP contribution in [-0.2, 0) is 14.3 Å². The molecule has 3 N–H and O–H groups in total. The standard InChI is InChI=1S/C17H21N3O7/c1-25-12-5-10(6-13(7-12)26-2)16(23)18-8-15(22)27-9-14(21)20-17(24)19-11-3-4-11/h5-7,11H,3-4,8-9H2,1-2H3,(H,18,23)(H2,19,20,21,24). The SMILES string of the molecule is COc1cc(OC)cc(C(=O)NCC(=O)OCC(=O)NC(=O)NC2CC2)c1. The highest BCUT2D eigenvalue weighted by molar-refractivity contribution is 5.97. The fourth-order valence-electron chi connectivity index (χ4n) is 2.00. The number of imide groups is 1. The molecule has 0 atom stereocenters. The van der Waals surface area contributed by atoms with Gasteiger partial charge in [-0.25, -0.2) is 4.79 Å².